The number of methoxy groups -OCH3 is 1. The van der Waals surface area contributed by atoms with Gasteiger partial charge in [-0.3, -0.25) is 0 Å². The summed E-state index contributed by atoms with van der Waals surface area (Å²) in [6.45, 7) is 0.755. The van der Waals surface area contributed by atoms with Crippen LogP contribution in [0.5, 0.6) is 0 Å². The minimum absolute atomic E-state index is 0.0562. The molecule has 0 fully saturated rings. The van der Waals surface area contributed by atoms with Crippen molar-refractivity contribution < 1.29 is 14.6 Å². The zero-order chi connectivity index (χ0) is 15.1. The van der Waals surface area contributed by atoms with Crippen LogP contribution in [0, 0.1) is 0 Å². The van der Waals surface area contributed by atoms with Gasteiger partial charge in [-0.15, -0.1) is 10.2 Å². The number of rotatable bonds is 6. The van der Waals surface area contributed by atoms with Crippen molar-refractivity contribution in [3.05, 3.63) is 53.2 Å². The Bertz CT molecular complexity index is 582. The van der Waals surface area contributed by atoms with Crippen LogP contribution in [0.15, 0.2) is 36.4 Å². The second-order valence-corrected chi connectivity index (χ2v) is 4.45. The standard InChI is InChI=1S/C15H17N3O3/c1-21-15(20)13-6-7-14(18-17-13)16-9-8-11-2-4-12(10-19)5-3-11/h2-7,19H,8-10H2,1H3,(H,16,18). The number of hydrogen-bond acceptors (Lipinski definition) is 6. The van der Waals surface area contributed by atoms with Crippen molar-refractivity contribution in [1.82, 2.24) is 10.2 Å². The van der Waals surface area contributed by atoms with E-state index in [0.717, 1.165) is 12.0 Å². The zero-order valence-electron chi connectivity index (χ0n) is 11.7. The lowest BCUT2D eigenvalue weighted by Crippen LogP contribution is -2.10. The van der Waals surface area contributed by atoms with E-state index in [9.17, 15) is 4.79 Å². The highest BCUT2D eigenvalue weighted by Gasteiger charge is 2.07. The Morgan fingerprint density at radius 3 is 2.43 bits per heavy atom. The predicted octanol–water partition coefficient (Wildman–Crippen LogP) is 1.41. The van der Waals surface area contributed by atoms with Gasteiger partial charge >= 0.3 is 5.97 Å². The van der Waals surface area contributed by atoms with Crippen LogP contribution in [0.4, 0.5) is 5.82 Å². The quantitative estimate of drug-likeness (QED) is 0.781. The van der Waals surface area contributed by atoms with Gasteiger partial charge in [0.2, 0.25) is 0 Å². The van der Waals surface area contributed by atoms with E-state index in [4.69, 9.17) is 5.11 Å². The molecule has 6 heteroatoms. The van der Waals surface area contributed by atoms with Gasteiger partial charge in [0, 0.05) is 6.54 Å². The molecule has 0 aliphatic heterocycles. The van der Waals surface area contributed by atoms with Gasteiger partial charge in [0.05, 0.1) is 13.7 Å². The van der Waals surface area contributed by atoms with E-state index in [0.29, 0.717) is 12.4 Å². The van der Waals surface area contributed by atoms with Crippen LogP contribution >= 0.6 is 0 Å². The maximum absolute atomic E-state index is 11.2. The van der Waals surface area contributed by atoms with Gasteiger partial charge in [-0.2, -0.15) is 0 Å². The van der Waals surface area contributed by atoms with Crippen LogP contribution in [0.25, 0.3) is 0 Å². The summed E-state index contributed by atoms with van der Waals surface area (Å²) >= 11 is 0. The van der Waals surface area contributed by atoms with E-state index < -0.39 is 5.97 Å². The number of ether oxygens (including phenoxy) is 1. The lowest BCUT2D eigenvalue weighted by atomic mass is 10.1. The van der Waals surface area contributed by atoms with Crippen molar-refractivity contribution in [3.8, 4) is 0 Å². The summed E-state index contributed by atoms with van der Waals surface area (Å²) in [6.07, 6.45) is 0.826. The normalized spacial score (nSPS) is 10.2. The molecule has 0 unspecified atom stereocenters. The molecule has 0 aliphatic rings. The molecule has 0 amide bonds. The van der Waals surface area contributed by atoms with Crippen molar-refractivity contribution in [3.63, 3.8) is 0 Å². The summed E-state index contributed by atoms with van der Waals surface area (Å²) in [5.74, 6) is 0.104. The van der Waals surface area contributed by atoms with Crippen LogP contribution in [-0.2, 0) is 17.8 Å². The largest absolute Gasteiger partial charge is 0.464 e. The van der Waals surface area contributed by atoms with E-state index in [2.05, 4.69) is 20.3 Å². The fourth-order valence-corrected chi connectivity index (χ4v) is 1.79. The lowest BCUT2D eigenvalue weighted by molar-refractivity contribution is 0.0593. The van der Waals surface area contributed by atoms with Crippen LogP contribution in [0.3, 0.4) is 0 Å². The lowest BCUT2D eigenvalue weighted by Gasteiger charge is -2.06. The minimum Gasteiger partial charge on any atom is -0.464 e. The Morgan fingerprint density at radius 2 is 1.86 bits per heavy atom. The molecule has 1 aromatic heterocycles. The Labute approximate surface area is 122 Å². The number of esters is 1. The monoisotopic (exact) mass is 287 g/mol. The number of aliphatic hydroxyl groups is 1. The van der Waals surface area contributed by atoms with E-state index in [1.54, 1.807) is 12.1 Å². The molecule has 2 N–H and O–H groups in total. The topological polar surface area (TPSA) is 84.3 Å². The molecular weight excluding hydrogens is 270 g/mol. The third-order valence-corrected chi connectivity index (χ3v) is 2.98. The van der Waals surface area contributed by atoms with Gasteiger partial charge in [0.25, 0.3) is 0 Å². The van der Waals surface area contributed by atoms with Gasteiger partial charge in [-0.05, 0) is 29.7 Å². The van der Waals surface area contributed by atoms with Gasteiger partial charge < -0.3 is 15.2 Å². The summed E-state index contributed by atoms with van der Waals surface area (Å²) in [5.41, 5.74) is 2.25. The van der Waals surface area contributed by atoms with E-state index in [1.165, 1.54) is 12.7 Å². The number of aliphatic hydroxyl groups excluding tert-OH is 1. The van der Waals surface area contributed by atoms with Crippen LogP contribution in [0.2, 0.25) is 0 Å². The first kappa shape index (κ1) is 14.9. The third-order valence-electron chi connectivity index (χ3n) is 2.98. The molecule has 0 aliphatic carbocycles. The molecule has 1 aromatic carbocycles. The fourth-order valence-electron chi connectivity index (χ4n) is 1.79. The molecule has 0 atom stereocenters. The molecule has 1 heterocycles. The van der Waals surface area contributed by atoms with Crippen molar-refractivity contribution in [2.45, 2.75) is 13.0 Å². The molecule has 21 heavy (non-hydrogen) atoms. The van der Waals surface area contributed by atoms with Crippen molar-refractivity contribution in [2.75, 3.05) is 19.0 Å². The second-order valence-electron chi connectivity index (χ2n) is 4.45. The van der Waals surface area contributed by atoms with Gasteiger partial charge in [0.15, 0.2) is 5.69 Å². The van der Waals surface area contributed by atoms with Crippen molar-refractivity contribution >= 4 is 11.8 Å². The molecule has 110 valence electrons. The number of anilines is 1. The average molecular weight is 287 g/mol. The predicted molar refractivity (Wildman–Crippen MR) is 77.9 cm³/mol. The molecule has 0 bridgehead atoms. The zero-order valence-corrected chi connectivity index (χ0v) is 11.7. The van der Waals surface area contributed by atoms with Crippen molar-refractivity contribution in [2.24, 2.45) is 0 Å². The molecule has 0 spiro atoms. The summed E-state index contributed by atoms with van der Waals surface area (Å²) in [7, 11) is 1.30. The highest BCUT2D eigenvalue weighted by molar-refractivity contribution is 5.86. The molecule has 0 radical (unpaired) electrons. The molecule has 0 saturated carbocycles. The number of benzene rings is 1. The molecule has 2 rings (SSSR count). The first-order valence-electron chi connectivity index (χ1n) is 6.57. The molecular formula is C15H17N3O3. The highest BCUT2D eigenvalue weighted by Crippen LogP contribution is 2.07. The van der Waals surface area contributed by atoms with Crippen LogP contribution in [0.1, 0.15) is 21.6 Å². The van der Waals surface area contributed by atoms with E-state index in [1.807, 2.05) is 24.3 Å². The highest BCUT2D eigenvalue weighted by atomic mass is 16.5. The van der Waals surface area contributed by atoms with Crippen LogP contribution in [-0.4, -0.2) is 34.9 Å². The Kier molecular flexibility index (Phi) is 5.22. The summed E-state index contributed by atoms with van der Waals surface area (Å²) in [4.78, 5) is 11.2. The smallest absolute Gasteiger partial charge is 0.358 e. The maximum Gasteiger partial charge on any atom is 0.358 e. The van der Waals surface area contributed by atoms with Crippen LogP contribution < -0.4 is 5.32 Å². The van der Waals surface area contributed by atoms with E-state index in [-0.39, 0.29) is 12.3 Å². The third kappa shape index (κ3) is 4.25. The number of nitrogens with one attached hydrogen (secondary N) is 1. The minimum atomic E-state index is -0.502. The molecule has 6 nitrogen and oxygen atoms in total. The number of nitrogens with zero attached hydrogens (tertiary/aromatic N) is 2. The Hall–Kier alpha value is -2.47. The van der Waals surface area contributed by atoms with Crippen molar-refractivity contribution in [1.29, 1.82) is 0 Å². The van der Waals surface area contributed by atoms with Gasteiger partial charge in [0.1, 0.15) is 5.82 Å². The van der Waals surface area contributed by atoms with Gasteiger partial charge in [-0.1, -0.05) is 24.3 Å². The maximum atomic E-state index is 11.2. The van der Waals surface area contributed by atoms with Gasteiger partial charge in [-0.25, -0.2) is 4.79 Å². The first-order chi connectivity index (χ1) is 10.2. The SMILES string of the molecule is COC(=O)c1ccc(NCCc2ccc(CO)cc2)nn1. The fraction of sp³-hybridized carbons (Fsp3) is 0.267. The number of carbonyl (C=O) groups is 1. The first-order valence-corrected chi connectivity index (χ1v) is 6.57. The Morgan fingerprint density at radius 1 is 1.14 bits per heavy atom. The summed E-state index contributed by atoms with van der Waals surface area (Å²) in [5, 5.41) is 19.8. The second kappa shape index (κ2) is 7.35. The van der Waals surface area contributed by atoms with E-state index >= 15 is 0 Å². The summed E-state index contributed by atoms with van der Waals surface area (Å²) in [6, 6.07) is 11.0. The number of aromatic nitrogens is 2. The number of hydrogen-bond donors (Lipinski definition) is 2. The number of carbonyl (C=O) groups excluding carboxylic acids is 1. The Balaban J connectivity index is 1.83. The summed E-state index contributed by atoms with van der Waals surface area (Å²) < 4.78 is 4.55. The molecule has 0 saturated heterocycles. The average Bonchev–Trinajstić information content (AvgIpc) is 2.55. The molecule has 2 aromatic rings.